The maximum absolute atomic E-state index is 13.4. The maximum atomic E-state index is 13.4. The number of benzene rings is 2. The van der Waals surface area contributed by atoms with E-state index in [4.69, 9.17) is 21.9 Å². The standard InChI is InChI=1S/C30H40BF3N6O5/c1-29(2)22-8-7-21(12-23(22)31(44)45-29)38-28(43)25(11-17-3-5-20(6-4-17)30(32,33)34)39-27(42)24(37)9-10-26(41)40-15-18(13-35)19(14-36)16-40/h3-8,12,18-19,24-25,44H,9-11,13-16,35-37H2,1-2H3,(H,38,43)(H,39,42). The molecule has 3 amide bonds. The number of carbonyl (C=O) groups excluding carboxylic acids is 3. The molecule has 9 N–H and O–H groups in total. The Bertz CT molecular complexity index is 1380. The van der Waals surface area contributed by atoms with Gasteiger partial charge in [-0.2, -0.15) is 13.2 Å². The zero-order valence-corrected chi connectivity index (χ0v) is 25.3. The number of nitrogens with zero attached hydrogens (tertiary/aromatic N) is 1. The summed E-state index contributed by atoms with van der Waals surface area (Å²) >= 11 is 0. The van der Waals surface area contributed by atoms with Gasteiger partial charge in [-0.25, -0.2) is 0 Å². The van der Waals surface area contributed by atoms with Crippen LogP contribution in [0.1, 0.15) is 43.4 Å². The molecule has 45 heavy (non-hydrogen) atoms. The monoisotopic (exact) mass is 632 g/mol. The van der Waals surface area contributed by atoms with E-state index in [1.54, 1.807) is 36.9 Å². The van der Waals surface area contributed by atoms with Gasteiger partial charge in [0, 0.05) is 31.6 Å². The highest BCUT2D eigenvalue weighted by molar-refractivity contribution is 6.62. The molecule has 2 aromatic carbocycles. The lowest BCUT2D eigenvalue weighted by Crippen LogP contribution is -2.51. The van der Waals surface area contributed by atoms with E-state index in [1.807, 2.05) is 0 Å². The summed E-state index contributed by atoms with van der Waals surface area (Å²) in [5.41, 5.74) is 18.0. The van der Waals surface area contributed by atoms with Gasteiger partial charge in [-0.15, -0.1) is 0 Å². The van der Waals surface area contributed by atoms with E-state index in [2.05, 4.69) is 10.6 Å². The second-order valence-corrected chi connectivity index (χ2v) is 12.2. The molecular weight excluding hydrogens is 592 g/mol. The number of likely N-dealkylation sites (tertiary alicyclic amines) is 1. The third-order valence-corrected chi connectivity index (χ3v) is 8.53. The number of halogens is 3. The van der Waals surface area contributed by atoms with Gasteiger partial charge in [-0.3, -0.25) is 14.4 Å². The molecule has 0 aliphatic carbocycles. The van der Waals surface area contributed by atoms with E-state index in [0.29, 0.717) is 42.9 Å². The molecule has 2 heterocycles. The van der Waals surface area contributed by atoms with Crippen molar-refractivity contribution in [2.24, 2.45) is 29.0 Å². The summed E-state index contributed by atoms with van der Waals surface area (Å²) in [4.78, 5) is 41.0. The number of fused-ring (bicyclic) bond motifs is 1. The molecule has 2 aliphatic heterocycles. The molecule has 4 atom stereocenters. The molecule has 15 heteroatoms. The smallest absolute Gasteiger partial charge is 0.423 e. The van der Waals surface area contributed by atoms with Gasteiger partial charge in [0.05, 0.1) is 17.2 Å². The van der Waals surface area contributed by atoms with E-state index in [0.717, 1.165) is 17.7 Å². The van der Waals surface area contributed by atoms with Gasteiger partial charge in [0.15, 0.2) is 0 Å². The van der Waals surface area contributed by atoms with Crippen molar-refractivity contribution in [1.82, 2.24) is 10.2 Å². The first kappa shape index (κ1) is 34.4. The highest BCUT2D eigenvalue weighted by atomic mass is 19.4. The van der Waals surface area contributed by atoms with Gasteiger partial charge in [0.1, 0.15) is 6.04 Å². The van der Waals surface area contributed by atoms with Crippen LogP contribution < -0.4 is 33.3 Å². The molecule has 11 nitrogen and oxygen atoms in total. The van der Waals surface area contributed by atoms with Crippen molar-refractivity contribution < 1.29 is 37.2 Å². The van der Waals surface area contributed by atoms with Crippen LogP contribution in [0.2, 0.25) is 0 Å². The number of nitrogens with two attached hydrogens (primary N) is 3. The molecule has 244 valence electrons. The number of hydrogen-bond acceptors (Lipinski definition) is 8. The first-order chi connectivity index (χ1) is 21.1. The number of anilines is 1. The first-order valence-corrected chi connectivity index (χ1v) is 14.8. The minimum absolute atomic E-state index is 0.00515. The van der Waals surface area contributed by atoms with E-state index in [9.17, 15) is 32.6 Å². The maximum Gasteiger partial charge on any atom is 0.492 e. The Labute approximate surface area is 260 Å². The quantitative estimate of drug-likeness (QED) is 0.193. The van der Waals surface area contributed by atoms with Crippen LogP contribution in [0.3, 0.4) is 0 Å². The van der Waals surface area contributed by atoms with Gasteiger partial charge in [0.25, 0.3) is 0 Å². The zero-order chi connectivity index (χ0) is 33.1. The summed E-state index contributed by atoms with van der Waals surface area (Å²) < 4.78 is 44.8. The SMILES string of the molecule is CC1(C)OB(O)c2cc(NC(=O)C(Cc3ccc(C(F)(F)F)cc3)NC(=O)C(N)CCC(=O)N3CC(CN)C(CN)C3)ccc21. The fourth-order valence-corrected chi connectivity index (χ4v) is 5.83. The Morgan fingerprint density at radius 2 is 1.69 bits per heavy atom. The molecule has 4 unspecified atom stereocenters. The summed E-state index contributed by atoms with van der Waals surface area (Å²) in [7, 11) is -1.20. The highest BCUT2D eigenvalue weighted by Gasteiger charge is 2.41. The normalized spacial score (nSPS) is 20.5. The van der Waals surface area contributed by atoms with Crippen molar-refractivity contribution in [3.8, 4) is 0 Å². The Morgan fingerprint density at radius 1 is 1.07 bits per heavy atom. The van der Waals surface area contributed by atoms with E-state index >= 15 is 0 Å². The number of hydrogen-bond donors (Lipinski definition) is 6. The van der Waals surface area contributed by atoms with Gasteiger partial charge < -0.3 is 42.4 Å². The number of alkyl halides is 3. The Balaban J connectivity index is 1.44. The van der Waals surface area contributed by atoms with Crippen molar-refractivity contribution in [1.29, 1.82) is 0 Å². The predicted molar refractivity (Wildman–Crippen MR) is 163 cm³/mol. The molecular formula is C30H40BF3N6O5. The molecule has 4 rings (SSSR count). The lowest BCUT2D eigenvalue weighted by Gasteiger charge is -2.22. The molecule has 1 saturated heterocycles. The Kier molecular flexibility index (Phi) is 10.6. The molecule has 0 spiro atoms. The average Bonchev–Trinajstić information content (AvgIpc) is 3.51. The summed E-state index contributed by atoms with van der Waals surface area (Å²) in [6.07, 6.45) is -4.67. The van der Waals surface area contributed by atoms with Gasteiger partial charge >= 0.3 is 13.3 Å². The summed E-state index contributed by atoms with van der Waals surface area (Å²) in [5.74, 6) is -1.33. The summed E-state index contributed by atoms with van der Waals surface area (Å²) in [6.45, 7) is 5.38. The molecule has 2 aliphatic rings. The topological polar surface area (TPSA) is 186 Å². The van der Waals surface area contributed by atoms with Crippen molar-refractivity contribution >= 4 is 36.0 Å². The minimum Gasteiger partial charge on any atom is -0.423 e. The second-order valence-electron chi connectivity index (χ2n) is 12.2. The number of amides is 3. The molecule has 2 aromatic rings. The van der Waals surface area contributed by atoms with Crippen molar-refractivity contribution in [3.63, 3.8) is 0 Å². The van der Waals surface area contributed by atoms with Crippen molar-refractivity contribution in [2.45, 2.75) is 57.0 Å². The van der Waals surface area contributed by atoms with Crippen LogP contribution in [0.15, 0.2) is 42.5 Å². The van der Waals surface area contributed by atoms with Gasteiger partial charge in [0.2, 0.25) is 17.7 Å². The molecule has 1 fully saturated rings. The number of nitrogens with one attached hydrogen (secondary N) is 2. The highest BCUT2D eigenvalue weighted by Crippen LogP contribution is 2.31. The van der Waals surface area contributed by atoms with Gasteiger partial charge in [-0.1, -0.05) is 18.2 Å². The molecule has 0 aromatic heterocycles. The summed E-state index contributed by atoms with van der Waals surface area (Å²) in [5, 5.41) is 15.6. The lowest BCUT2D eigenvalue weighted by atomic mass is 9.78. The average molecular weight is 632 g/mol. The summed E-state index contributed by atoms with van der Waals surface area (Å²) in [6, 6.07) is 6.80. The molecule has 0 saturated carbocycles. The van der Waals surface area contributed by atoms with E-state index < -0.39 is 48.4 Å². The lowest BCUT2D eigenvalue weighted by molar-refractivity contribution is -0.137. The largest absolute Gasteiger partial charge is 0.492 e. The van der Waals surface area contributed by atoms with Crippen LogP contribution in [0, 0.1) is 11.8 Å². The van der Waals surface area contributed by atoms with Crippen molar-refractivity contribution in [2.75, 3.05) is 31.5 Å². The fourth-order valence-electron chi connectivity index (χ4n) is 5.83. The second kappa shape index (κ2) is 13.9. The van der Waals surface area contributed by atoms with E-state index in [-0.39, 0.29) is 37.0 Å². The minimum atomic E-state index is -4.53. The first-order valence-electron chi connectivity index (χ1n) is 14.8. The van der Waals surface area contributed by atoms with Crippen LogP contribution in [0.25, 0.3) is 0 Å². The Hall–Kier alpha value is -3.50. The van der Waals surface area contributed by atoms with Gasteiger partial charge in [-0.05, 0) is 86.0 Å². The van der Waals surface area contributed by atoms with Crippen LogP contribution in [-0.2, 0) is 37.2 Å². The number of rotatable bonds is 11. The van der Waals surface area contributed by atoms with Crippen molar-refractivity contribution in [3.05, 3.63) is 59.2 Å². The fraction of sp³-hybridized carbons (Fsp3) is 0.500. The third kappa shape index (κ3) is 8.21. The zero-order valence-electron chi connectivity index (χ0n) is 25.3. The number of carbonyl (C=O) groups is 3. The third-order valence-electron chi connectivity index (χ3n) is 8.53. The van der Waals surface area contributed by atoms with E-state index in [1.165, 1.54) is 12.1 Å². The Morgan fingerprint density at radius 3 is 2.27 bits per heavy atom. The predicted octanol–water partition coefficient (Wildman–Crippen LogP) is 0.424. The molecule has 0 radical (unpaired) electrons. The van der Waals surface area contributed by atoms with Crippen LogP contribution in [-0.4, -0.2) is 73.0 Å². The molecule has 0 bridgehead atoms. The van der Waals surface area contributed by atoms with Crippen LogP contribution in [0.4, 0.5) is 18.9 Å². The van der Waals surface area contributed by atoms with Crippen LogP contribution >= 0.6 is 0 Å². The van der Waals surface area contributed by atoms with Crippen LogP contribution in [0.5, 0.6) is 0 Å².